The molecular formula is C14H10ClFN2O. The number of nitriles is 1. The summed E-state index contributed by atoms with van der Waals surface area (Å²) >= 11 is 5.69. The summed E-state index contributed by atoms with van der Waals surface area (Å²) in [5.41, 5.74) is 1.12. The maximum absolute atomic E-state index is 13.7. The molecule has 0 aromatic heterocycles. The zero-order chi connectivity index (χ0) is 13.8. The van der Waals surface area contributed by atoms with Gasteiger partial charge in [0.15, 0.2) is 0 Å². The lowest BCUT2D eigenvalue weighted by Crippen LogP contribution is -1.97. The minimum atomic E-state index is -0.487. The summed E-state index contributed by atoms with van der Waals surface area (Å²) in [6, 6.07) is 11.2. The first-order valence-corrected chi connectivity index (χ1v) is 5.82. The largest absolute Gasteiger partial charge is 0.497 e. The van der Waals surface area contributed by atoms with Crippen LogP contribution in [0.3, 0.4) is 0 Å². The maximum atomic E-state index is 13.7. The molecule has 0 amide bonds. The normalized spacial score (nSPS) is 9.79. The number of rotatable bonds is 3. The van der Waals surface area contributed by atoms with Crippen molar-refractivity contribution in [3.63, 3.8) is 0 Å². The lowest BCUT2D eigenvalue weighted by molar-refractivity contribution is 0.415. The Morgan fingerprint density at radius 2 is 2.00 bits per heavy atom. The maximum Gasteiger partial charge on any atom is 0.148 e. The van der Waals surface area contributed by atoms with E-state index in [4.69, 9.17) is 21.6 Å². The first-order valence-electron chi connectivity index (χ1n) is 5.44. The number of hydrogen-bond acceptors (Lipinski definition) is 3. The molecule has 0 bridgehead atoms. The smallest absolute Gasteiger partial charge is 0.148 e. The highest BCUT2D eigenvalue weighted by molar-refractivity contribution is 6.30. The second kappa shape index (κ2) is 5.59. The zero-order valence-electron chi connectivity index (χ0n) is 10.1. The Labute approximate surface area is 115 Å². The standard InChI is InChI=1S/C14H10ClFN2O/c1-19-11-4-2-9(8-17)14(7-11)18-13-5-3-10(15)6-12(13)16/h2-7,18H,1H3. The molecule has 2 rings (SSSR count). The van der Waals surface area contributed by atoms with Crippen molar-refractivity contribution in [3.05, 3.63) is 52.8 Å². The topological polar surface area (TPSA) is 45.0 Å². The fourth-order valence-corrected chi connectivity index (χ4v) is 1.75. The predicted molar refractivity (Wildman–Crippen MR) is 72.4 cm³/mol. The summed E-state index contributed by atoms with van der Waals surface area (Å²) in [5.74, 6) is 0.0927. The van der Waals surface area contributed by atoms with E-state index < -0.39 is 5.82 Å². The van der Waals surface area contributed by atoms with E-state index in [-0.39, 0.29) is 5.69 Å². The molecule has 2 aromatic carbocycles. The summed E-state index contributed by atoms with van der Waals surface area (Å²) in [6.45, 7) is 0. The van der Waals surface area contributed by atoms with E-state index in [1.807, 2.05) is 6.07 Å². The van der Waals surface area contributed by atoms with Crippen molar-refractivity contribution in [2.45, 2.75) is 0 Å². The molecule has 96 valence electrons. The third-order valence-corrected chi connectivity index (χ3v) is 2.78. The van der Waals surface area contributed by atoms with Crippen LogP contribution >= 0.6 is 11.6 Å². The second-order valence-corrected chi connectivity index (χ2v) is 4.21. The van der Waals surface area contributed by atoms with Gasteiger partial charge in [-0.3, -0.25) is 0 Å². The number of nitrogens with zero attached hydrogens (tertiary/aromatic N) is 1. The summed E-state index contributed by atoms with van der Waals surface area (Å²) in [7, 11) is 1.52. The van der Waals surface area contributed by atoms with Gasteiger partial charge in [0.1, 0.15) is 17.6 Å². The Balaban J connectivity index is 2.39. The van der Waals surface area contributed by atoms with Crippen molar-refractivity contribution >= 4 is 23.0 Å². The Morgan fingerprint density at radius 3 is 2.63 bits per heavy atom. The first-order chi connectivity index (χ1) is 9.13. The lowest BCUT2D eigenvalue weighted by atomic mass is 10.1. The van der Waals surface area contributed by atoms with Crippen LogP contribution in [0.1, 0.15) is 5.56 Å². The van der Waals surface area contributed by atoms with Crippen molar-refractivity contribution in [2.24, 2.45) is 0 Å². The van der Waals surface area contributed by atoms with Gasteiger partial charge in [0.05, 0.1) is 24.0 Å². The average Bonchev–Trinajstić information content (AvgIpc) is 2.41. The molecule has 0 saturated carbocycles. The minimum absolute atomic E-state index is 0.245. The second-order valence-electron chi connectivity index (χ2n) is 3.77. The van der Waals surface area contributed by atoms with Gasteiger partial charge in [-0.25, -0.2) is 4.39 Å². The van der Waals surface area contributed by atoms with E-state index in [2.05, 4.69) is 5.32 Å². The summed E-state index contributed by atoms with van der Waals surface area (Å²) in [4.78, 5) is 0. The molecule has 3 nitrogen and oxygen atoms in total. The number of anilines is 2. The van der Waals surface area contributed by atoms with Crippen LogP contribution in [-0.2, 0) is 0 Å². The van der Waals surface area contributed by atoms with E-state index >= 15 is 0 Å². The van der Waals surface area contributed by atoms with Crippen molar-refractivity contribution in [1.82, 2.24) is 0 Å². The van der Waals surface area contributed by atoms with E-state index in [0.29, 0.717) is 22.0 Å². The summed E-state index contributed by atoms with van der Waals surface area (Å²) in [5, 5.41) is 12.2. The van der Waals surface area contributed by atoms with E-state index in [1.165, 1.54) is 19.2 Å². The van der Waals surface area contributed by atoms with Crippen molar-refractivity contribution < 1.29 is 9.13 Å². The highest BCUT2D eigenvalue weighted by atomic mass is 35.5. The third kappa shape index (κ3) is 2.95. The third-order valence-electron chi connectivity index (χ3n) is 2.55. The summed E-state index contributed by atoms with van der Waals surface area (Å²) in [6.07, 6.45) is 0. The van der Waals surface area contributed by atoms with Gasteiger partial charge >= 0.3 is 0 Å². The molecule has 0 aliphatic heterocycles. The SMILES string of the molecule is COc1ccc(C#N)c(Nc2ccc(Cl)cc2F)c1. The number of nitrogens with one attached hydrogen (secondary N) is 1. The zero-order valence-corrected chi connectivity index (χ0v) is 10.8. The highest BCUT2D eigenvalue weighted by Gasteiger charge is 2.08. The van der Waals surface area contributed by atoms with Gasteiger partial charge < -0.3 is 10.1 Å². The average molecular weight is 277 g/mol. The molecule has 0 unspecified atom stereocenters. The van der Waals surface area contributed by atoms with Crippen molar-refractivity contribution in [2.75, 3.05) is 12.4 Å². The molecule has 2 aromatic rings. The Hall–Kier alpha value is -2.25. The lowest BCUT2D eigenvalue weighted by Gasteiger charge is -2.11. The van der Waals surface area contributed by atoms with Gasteiger partial charge in [-0.15, -0.1) is 0 Å². The molecule has 0 heterocycles. The monoisotopic (exact) mass is 276 g/mol. The minimum Gasteiger partial charge on any atom is -0.497 e. The molecule has 19 heavy (non-hydrogen) atoms. The van der Waals surface area contributed by atoms with Crippen molar-refractivity contribution in [1.29, 1.82) is 5.26 Å². The molecule has 0 aliphatic rings. The summed E-state index contributed by atoms with van der Waals surface area (Å²) < 4.78 is 18.8. The highest BCUT2D eigenvalue weighted by Crippen LogP contribution is 2.27. The predicted octanol–water partition coefficient (Wildman–Crippen LogP) is 4.10. The number of methoxy groups -OCH3 is 1. The van der Waals surface area contributed by atoms with Crippen LogP contribution in [0.2, 0.25) is 5.02 Å². The molecule has 0 radical (unpaired) electrons. The molecule has 0 spiro atoms. The van der Waals surface area contributed by atoms with Gasteiger partial charge in [0, 0.05) is 11.1 Å². The molecule has 0 saturated heterocycles. The van der Waals surface area contributed by atoms with E-state index in [0.717, 1.165) is 0 Å². The van der Waals surface area contributed by atoms with Crippen LogP contribution in [-0.4, -0.2) is 7.11 Å². The Morgan fingerprint density at radius 1 is 1.21 bits per heavy atom. The Kier molecular flexibility index (Phi) is 3.88. The number of benzene rings is 2. The molecule has 1 N–H and O–H groups in total. The quantitative estimate of drug-likeness (QED) is 0.918. The van der Waals surface area contributed by atoms with Gasteiger partial charge in [0.2, 0.25) is 0 Å². The fraction of sp³-hybridized carbons (Fsp3) is 0.0714. The van der Waals surface area contributed by atoms with Crippen LogP contribution in [0.5, 0.6) is 5.75 Å². The molecular weight excluding hydrogens is 267 g/mol. The molecule has 0 aliphatic carbocycles. The van der Waals surface area contributed by atoms with E-state index in [1.54, 1.807) is 24.3 Å². The van der Waals surface area contributed by atoms with Crippen LogP contribution in [0.4, 0.5) is 15.8 Å². The number of ether oxygens (including phenoxy) is 1. The van der Waals surface area contributed by atoms with Gasteiger partial charge in [-0.1, -0.05) is 11.6 Å². The van der Waals surface area contributed by atoms with Crippen molar-refractivity contribution in [3.8, 4) is 11.8 Å². The Bertz CT molecular complexity index is 652. The first kappa shape index (κ1) is 13.2. The van der Waals surface area contributed by atoms with Crippen LogP contribution in [0.25, 0.3) is 0 Å². The fourth-order valence-electron chi connectivity index (χ4n) is 1.59. The van der Waals surface area contributed by atoms with E-state index in [9.17, 15) is 4.39 Å². The van der Waals surface area contributed by atoms with Gasteiger partial charge in [0.25, 0.3) is 0 Å². The van der Waals surface area contributed by atoms with Crippen LogP contribution in [0, 0.1) is 17.1 Å². The van der Waals surface area contributed by atoms with Gasteiger partial charge in [-0.05, 0) is 30.3 Å². The molecule has 0 fully saturated rings. The number of halogens is 2. The van der Waals surface area contributed by atoms with Crippen LogP contribution < -0.4 is 10.1 Å². The molecule has 0 atom stereocenters. The molecule has 5 heteroatoms. The van der Waals surface area contributed by atoms with Crippen LogP contribution in [0.15, 0.2) is 36.4 Å². The van der Waals surface area contributed by atoms with Gasteiger partial charge in [-0.2, -0.15) is 5.26 Å². The number of hydrogen-bond donors (Lipinski definition) is 1.